The third-order valence-corrected chi connectivity index (χ3v) is 2.80. The van der Waals surface area contributed by atoms with E-state index in [0.717, 1.165) is 23.3 Å². The Labute approximate surface area is 94.6 Å². The summed E-state index contributed by atoms with van der Waals surface area (Å²) in [5, 5.41) is 2.85. The molecule has 0 fully saturated rings. The molecule has 0 unspecified atom stereocenters. The van der Waals surface area contributed by atoms with Gasteiger partial charge in [0.15, 0.2) is 11.5 Å². The molecule has 1 aliphatic heterocycles. The molecule has 86 valence electrons. The Kier molecular flexibility index (Phi) is 2.99. The zero-order chi connectivity index (χ0) is 11.5. The second-order valence-corrected chi connectivity index (χ2v) is 3.75. The van der Waals surface area contributed by atoms with E-state index in [1.807, 2.05) is 12.1 Å². The molecule has 1 aromatic carbocycles. The summed E-state index contributed by atoms with van der Waals surface area (Å²) in [6.45, 7) is 0.564. The smallest absolute Gasteiger partial charge is 0.220 e. The molecule has 0 saturated carbocycles. The number of carbonyl (C=O) groups excluding carboxylic acids is 1. The Hall–Kier alpha value is -1.71. The van der Waals surface area contributed by atoms with Gasteiger partial charge in [0.1, 0.15) is 0 Å². The highest BCUT2D eigenvalue weighted by atomic mass is 16.5. The first-order chi connectivity index (χ1) is 7.74. The summed E-state index contributed by atoms with van der Waals surface area (Å²) in [4.78, 5) is 11.3. The molecule has 0 saturated heterocycles. The Morgan fingerprint density at radius 3 is 2.31 bits per heavy atom. The summed E-state index contributed by atoms with van der Waals surface area (Å²) in [5.41, 5.74) is 2.25. The number of carbonyl (C=O) groups is 1. The first-order valence-corrected chi connectivity index (χ1v) is 5.25. The van der Waals surface area contributed by atoms with Crippen LogP contribution >= 0.6 is 0 Å². The van der Waals surface area contributed by atoms with Crippen LogP contribution in [0, 0.1) is 0 Å². The maximum atomic E-state index is 11.3. The van der Waals surface area contributed by atoms with Crippen LogP contribution in [0.3, 0.4) is 0 Å². The zero-order valence-corrected chi connectivity index (χ0v) is 9.50. The third kappa shape index (κ3) is 1.96. The summed E-state index contributed by atoms with van der Waals surface area (Å²) in [6, 6.07) is 3.88. The number of nitrogens with one attached hydrogen (secondary N) is 1. The van der Waals surface area contributed by atoms with Crippen molar-refractivity contribution in [3.8, 4) is 11.5 Å². The summed E-state index contributed by atoms with van der Waals surface area (Å²) in [7, 11) is 3.23. The zero-order valence-electron chi connectivity index (χ0n) is 9.50. The summed E-state index contributed by atoms with van der Waals surface area (Å²) < 4.78 is 10.5. The van der Waals surface area contributed by atoms with Crippen molar-refractivity contribution in [3.63, 3.8) is 0 Å². The van der Waals surface area contributed by atoms with Gasteiger partial charge in [-0.05, 0) is 29.7 Å². The van der Waals surface area contributed by atoms with E-state index in [0.29, 0.717) is 18.7 Å². The minimum atomic E-state index is 0.0918. The first kappa shape index (κ1) is 10.8. The van der Waals surface area contributed by atoms with Gasteiger partial charge in [-0.25, -0.2) is 0 Å². The minimum Gasteiger partial charge on any atom is -0.493 e. The highest BCUT2D eigenvalue weighted by molar-refractivity contribution is 5.77. The van der Waals surface area contributed by atoms with Crippen molar-refractivity contribution in [2.75, 3.05) is 14.2 Å². The fourth-order valence-electron chi connectivity index (χ4n) is 1.89. The van der Waals surface area contributed by atoms with Gasteiger partial charge in [-0.2, -0.15) is 0 Å². The Morgan fingerprint density at radius 2 is 1.69 bits per heavy atom. The van der Waals surface area contributed by atoms with Gasteiger partial charge >= 0.3 is 0 Å². The number of hydrogen-bond donors (Lipinski definition) is 1. The number of methoxy groups -OCH3 is 2. The molecule has 4 nitrogen and oxygen atoms in total. The molecule has 1 amide bonds. The van der Waals surface area contributed by atoms with E-state index in [1.165, 1.54) is 0 Å². The van der Waals surface area contributed by atoms with Crippen LogP contribution in [-0.4, -0.2) is 20.1 Å². The molecular weight excluding hydrogens is 206 g/mol. The van der Waals surface area contributed by atoms with E-state index in [9.17, 15) is 4.79 Å². The minimum absolute atomic E-state index is 0.0918. The van der Waals surface area contributed by atoms with Crippen LogP contribution in [0.2, 0.25) is 0 Å². The van der Waals surface area contributed by atoms with Gasteiger partial charge in [-0.15, -0.1) is 0 Å². The van der Waals surface area contributed by atoms with Gasteiger partial charge < -0.3 is 14.8 Å². The van der Waals surface area contributed by atoms with Gasteiger partial charge in [0.05, 0.1) is 14.2 Å². The molecule has 1 aromatic rings. The lowest BCUT2D eigenvalue weighted by Gasteiger charge is -2.12. The highest BCUT2D eigenvalue weighted by Crippen LogP contribution is 2.31. The Morgan fingerprint density at radius 1 is 1.06 bits per heavy atom. The van der Waals surface area contributed by atoms with E-state index >= 15 is 0 Å². The second kappa shape index (κ2) is 4.43. The van der Waals surface area contributed by atoms with E-state index < -0.39 is 0 Å². The lowest BCUT2D eigenvalue weighted by atomic mass is 10.0. The van der Waals surface area contributed by atoms with Crippen molar-refractivity contribution in [2.45, 2.75) is 19.4 Å². The molecule has 1 aliphatic rings. The van der Waals surface area contributed by atoms with Crippen LogP contribution in [0.1, 0.15) is 17.5 Å². The fourth-order valence-corrected chi connectivity index (χ4v) is 1.89. The normalized spacial score (nSPS) is 14.8. The van der Waals surface area contributed by atoms with Crippen LogP contribution in [-0.2, 0) is 17.8 Å². The van der Waals surface area contributed by atoms with Crippen molar-refractivity contribution < 1.29 is 14.3 Å². The second-order valence-electron chi connectivity index (χ2n) is 3.75. The molecule has 1 heterocycles. The van der Waals surface area contributed by atoms with Crippen LogP contribution < -0.4 is 14.8 Å². The maximum Gasteiger partial charge on any atom is 0.220 e. The van der Waals surface area contributed by atoms with Gasteiger partial charge in [0.2, 0.25) is 5.91 Å². The number of fused-ring (bicyclic) bond motifs is 1. The van der Waals surface area contributed by atoms with Crippen molar-refractivity contribution in [2.24, 2.45) is 0 Å². The SMILES string of the molecule is COc1cc2c(cc1OC)CNC(=O)CC2. The van der Waals surface area contributed by atoms with Gasteiger partial charge in [-0.3, -0.25) is 4.79 Å². The molecule has 4 heteroatoms. The molecular formula is C12H15NO3. The molecule has 16 heavy (non-hydrogen) atoms. The number of rotatable bonds is 2. The Balaban J connectivity index is 2.40. The van der Waals surface area contributed by atoms with Crippen molar-refractivity contribution in [1.29, 1.82) is 0 Å². The molecule has 0 radical (unpaired) electrons. The van der Waals surface area contributed by atoms with Crippen LogP contribution in [0.15, 0.2) is 12.1 Å². The van der Waals surface area contributed by atoms with Gasteiger partial charge in [0, 0.05) is 13.0 Å². The average molecular weight is 221 g/mol. The van der Waals surface area contributed by atoms with Gasteiger partial charge in [-0.1, -0.05) is 0 Å². The quantitative estimate of drug-likeness (QED) is 0.818. The third-order valence-electron chi connectivity index (χ3n) is 2.80. The predicted octanol–water partition coefficient (Wildman–Crippen LogP) is 1.27. The standard InChI is InChI=1S/C12H15NO3/c1-15-10-5-8-3-4-12(14)13-7-9(8)6-11(10)16-2/h5-6H,3-4,7H2,1-2H3,(H,13,14). The largest absolute Gasteiger partial charge is 0.493 e. The number of aryl methyl sites for hydroxylation is 1. The summed E-state index contributed by atoms with van der Waals surface area (Å²) in [6.07, 6.45) is 1.28. The number of hydrogen-bond acceptors (Lipinski definition) is 3. The van der Waals surface area contributed by atoms with Crippen LogP contribution in [0.25, 0.3) is 0 Å². The van der Waals surface area contributed by atoms with E-state index in [2.05, 4.69) is 5.32 Å². The highest BCUT2D eigenvalue weighted by Gasteiger charge is 2.15. The first-order valence-electron chi connectivity index (χ1n) is 5.25. The molecule has 0 aromatic heterocycles. The predicted molar refractivity (Wildman–Crippen MR) is 59.7 cm³/mol. The van der Waals surface area contributed by atoms with Crippen LogP contribution in [0.4, 0.5) is 0 Å². The Bertz CT molecular complexity index is 378. The van der Waals surface area contributed by atoms with E-state index in [4.69, 9.17) is 9.47 Å². The van der Waals surface area contributed by atoms with Crippen molar-refractivity contribution >= 4 is 5.91 Å². The lowest BCUT2D eigenvalue weighted by Crippen LogP contribution is -2.20. The van der Waals surface area contributed by atoms with Crippen molar-refractivity contribution in [1.82, 2.24) is 5.32 Å². The average Bonchev–Trinajstić information content (AvgIpc) is 2.50. The number of amides is 1. The molecule has 0 spiro atoms. The maximum absolute atomic E-state index is 11.3. The lowest BCUT2D eigenvalue weighted by molar-refractivity contribution is -0.121. The summed E-state index contributed by atoms with van der Waals surface area (Å²) >= 11 is 0. The van der Waals surface area contributed by atoms with E-state index in [-0.39, 0.29) is 5.91 Å². The van der Waals surface area contributed by atoms with E-state index in [1.54, 1.807) is 14.2 Å². The number of ether oxygens (including phenoxy) is 2. The molecule has 2 rings (SSSR count). The molecule has 0 atom stereocenters. The molecule has 0 bridgehead atoms. The number of benzene rings is 1. The van der Waals surface area contributed by atoms with Gasteiger partial charge in [0.25, 0.3) is 0 Å². The summed E-state index contributed by atoms with van der Waals surface area (Å²) in [5.74, 6) is 1.52. The molecule has 1 N–H and O–H groups in total. The van der Waals surface area contributed by atoms with Crippen LogP contribution in [0.5, 0.6) is 11.5 Å². The topological polar surface area (TPSA) is 47.6 Å². The molecule has 0 aliphatic carbocycles. The fraction of sp³-hybridized carbons (Fsp3) is 0.417. The van der Waals surface area contributed by atoms with Crippen molar-refractivity contribution in [3.05, 3.63) is 23.3 Å². The monoisotopic (exact) mass is 221 g/mol.